The molecule has 1 aromatic rings. The highest BCUT2D eigenvalue weighted by atomic mass is 15.2. The molecule has 1 N–H and O–H groups in total. The van der Waals surface area contributed by atoms with Crippen molar-refractivity contribution in [3.63, 3.8) is 0 Å². The Balaban J connectivity index is 2.77. The number of likely N-dealkylation sites (N-methyl/N-ethyl adjacent to an activating group) is 2. The third kappa shape index (κ3) is 4.11. The molecule has 2 unspecified atom stereocenters. The highest BCUT2D eigenvalue weighted by Gasteiger charge is 2.23. The maximum absolute atomic E-state index is 3.49. The number of nitrogens with one attached hydrogen (secondary N) is 1. The molecule has 1 rings (SSSR count). The lowest BCUT2D eigenvalue weighted by atomic mass is 9.96. The molecule has 2 nitrogen and oxygen atoms in total. The Morgan fingerprint density at radius 3 is 2.33 bits per heavy atom. The van der Waals surface area contributed by atoms with Crippen LogP contribution >= 0.6 is 0 Å². The Bertz CT molecular complexity index is 310. The van der Waals surface area contributed by atoms with Gasteiger partial charge in [0.1, 0.15) is 0 Å². The summed E-state index contributed by atoms with van der Waals surface area (Å²) in [4.78, 5) is 2.50. The van der Waals surface area contributed by atoms with Crippen molar-refractivity contribution in [2.75, 3.05) is 20.6 Å². The van der Waals surface area contributed by atoms with Gasteiger partial charge in [0, 0.05) is 12.1 Å². The number of benzene rings is 1. The fourth-order valence-electron chi connectivity index (χ4n) is 2.62. The number of rotatable bonds is 8. The summed E-state index contributed by atoms with van der Waals surface area (Å²) >= 11 is 0. The molecule has 1 aromatic carbocycles. The van der Waals surface area contributed by atoms with Crippen molar-refractivity contribution in [2.24, 2.45) is 0 Å². The Morgan fingerprint density at radius 1 is 1.17 bits per heavy atom. The van der Waals surface area contributed by atoms with Gasteiger partial charge in [-0.25, -0.2) is 0 Å². The summed E-state index contributed by atoms with van der Waals surface area (Å²) in [6.45, 7) is 5.71. The molecule has 0 aliphatic heterocycles. The first-order valence-electron chi connectivity index (χ1n) is 7.17. The highest BCUT2D eigenvalue weighted by Crippen LogP contribution is 2.22. The highest BCUT2D eigenvalue weighted by molar-refractivity contribution is 5.20. The molecule has 0 radical (unpaired) electrons. The second-order valence-corrected chi connectivity index (χ2v) is 4.99. The van der Waals surface area contributed by atoms with Gasteiger partial charge in [0.05, 0.1) is 0 Å². The lowest BCUT2D eigenvalue weighted by Crippen LogP contribution is -2.41. The monoisotopic (exact) mass is 248 g/mol. The van der Waals surface area contributed by atoms with Crippen molar-refractivity contribution in [3.8, 4) is 0 Å². The first kappa shape index (κ1) is 15.2. The molecule has 0 spiro atoms. The van der Waals surface area contributed by atoms with Crippen LogP contribution < -0.4 is 5.32 Å². The summed E-state index contributed by atoms with van der Waals surface area (Å²) in [7, 11) is 4.31. The van der Waals surface area contributed by atoms with Crippen molar-refractivity contribution >= 4 is 0 Å². The second-order valence-electron chi connectivity index (χ2n) is 4.99. The van der Waals surface area contributed by atoms with Crippen LogP contribution in [0.3, 0.4) is 0 Å². The van der Waals surface area contributed by atoms with Crippen molar-refractivity contribution in [3.05, 3.63) is 35.9 Å². The van der Waals surface area contributed by atoms with E-state index in [4.69, 9.17) is 0 Å². The van der Waals surface area contributed by atoms with Crippen LogP contribution in [0.15, 0.2) is 30.3 Å². The van der Waals surface area contributed by atoms with Gasteiger partial charge in [-0.2, -0.15) is 0 Å². The maximum atomic E-state index is 3.49. The molecule has 0 aliphatic carbocycles. The van der Waals surface area contributed by atoms with Gasteiger partial charge in [-0.05, 0) is 39.0 Å². The van der Waals surface area contributed by atoms with E-state index in [1.807, 2.05) is 0 Å². The zero-order chi connectivity index (χ0) is 13.4. The summed E-state index contributed by atoms with van der Waals surface area (Å²) in [6, 6.07) is 11.7. The van der Waals surface area contributed by atoms with E-state index in [0.717, 1.165) is 0 Å². The molecule has 0 heterocycles. The van der Waals surface area contributed by atoms with E-state index < -0.39 is 0 Å². The summed E-state index contributed by atoms with van der Waals surface area (Å²) in [5.41, 5.74) is 1.38. The van der Waals surface area contributed by atoms with Crippen LogP contribution in [-0.2, 0) is 0 Å². The fourth-order valence-corrected chi connectivity index (χ4v) is 2.62. The Hall–Kier alpha value is -0.860. The second kappa shape index (κ2) is 8.28. The van der Waals surface area contributed by atoms with Gasteiger partial charge in [-0.15, -0.1) is 0 Å². The average molecular weight is 248 g/mol. The molecule has 0 saturated heterocycles. The molecule has 0 amide bonds. The van der Waals surface area contributed by atoms with Crippen LogP contribution in [0.2, 0.25) is 0 Å². The minimum atomic E-state index is 0.415. The smallest absolute Gasteiger partial charge is 0.0475 e. The fraction of sp³-hybridized carbons (Fsp3) is 0.625. The van der Waals surface area contributed by atoms with E-state index in [1.54, 1.807) is 0 Å². The van der Waals surface area contributed by atoms with Crippen LogP contribution in [-0.4, -0.2) is 31.6 Å². The van der Waals surface area contributed by atoms with Crippen LogP contribution in [0.4, 0.5) is 0 Å². The molecule has 102 valence electrons. The third-order valence-corrected chi connectivity index (χ3v) is 3.70. The predicted octanol–water partition coefficient (Wildman–Crippen LogP) is 3.46. The van der Waals surface area contributed by atoms with Crippen LogP contribution in [0.5, 0.6) is 0 Å². The molecular formula is C16H28N2. The van der Waals surface area contributed by atoms with Gasteiger partial charge in [0.15, 0.2) is 0 Å². The van der Waals surface area contributed by atoms with Gasteiger partial charge in [-0.1, -0.05) is 50.6 Å². The van der Waals surface area contributed by atoms with Crippen molar-refractivity contribution < 1.29 is 0 Å². The average Bonchev–Trinajstić information content (AvgIpc) is 2.42. The number of hydrogen-bond acceptors (Lipinski definition) is 2. The van der Waals surface area contributed by atoms with E-state index >= 15 is 0 Å². The Labute approximate surface area is 112 Å². The normalized spacial score (nSPS) is 14.7. The maximum Gasteiger partial charge on any atom is 0.0475 e. The van der Waals surface area contributed by atoms with Gasteiger partial charge < -0.3 is 10.2 Å². The molecule has 0 bridgehead atoms. The number of unbranched alkanes of at least 4 members (excludes halogenated alkanes) is 1. The Kier molecular flexibility index (Phi) is 6.99. The first-order chi connectivity index (χ1) is 8.74. The molecular weight excluding hydrogens is 220 g/mol. The molecule has 0 saturated carbocycles. The van der Waals surface area contributed by atoms with Gasteiger partial charge in [0.25, 0.3) is 0 Å². The summed E-state index contributed by atoms with van der Waals surface area (Å²) < 4.78 is 0. The standard InChI is InChI=1S/C16H28N2/c1-5-7-13-18(4)15(6-2)16(17-3)14-11-9-8-10-12-14/h8-12,15-17H,5-7,13H2,1-4H3. The van der Waals surface area contributed by atoms with Gasteiger partial charge in [-0.3, -0.25) is 0 Å². The molecule has 0 fully saturated rings. The topological polar surface area (TPSA) is 15.3 Å². The number of hydrogen-bond donors (Lipinski definition) is 1. The molecule has 0 aromatic heterocycles. The van der Waals surface area contributed by atoms with Gasteiger partial charge >= 0.3 is 0 Å². The zero-order valence-corrected chi connectivity index (χ0v) is 12.3. The molecule has 18 heavy (non-hydrogen) atoms. The van der Waals surface area contributed by atoms with Gasteiger partial charge in [0.2, 0.25) is 0 Å². The summed E-state index contributed by atoms with van der Waals surface area (Å²) in [5, 5.41) is 3.49. The summed E-state index contributed by atoms with van der Waals surface area (Å²) in [5.74, 6) is 0. The lowest BCUT2D eigenvalue weighted by Gasteiger charge is -2.34. The zero-order valence-electron chi connectivity index (χ0n) is 12.3. The van der Waals surface area contributed by atoms with Crippen LogP contribution in [0.25, 0.3) is 0 Å². The minimum Gasteiger partial charge on any atom is -0.312 e. The SMILES string of the molecule is CCCCN(C)C(CC)C(NC)c1ccccc1. The predicted molar refractivity (Wildman–Crippen MR) is 79.9 cm³/mol. The summed E-state index contributed by atoms with van der Waals surface area (Å²) in [6.07, 6.45) is 3.70. The first-order valence-corrected chi connectivity index (χ1v) is 7.17. The van der Waals surface area contributed by atoms with Crippen molar-refractivity contribution in [1.82, 2.24) is 10.2 Å². The van der Waals surface area contributed by atoms with Crippen LogP contribution in [0, 0.1) is 0 Å². The number of nitrogens with zero attached hydrogens (tertiary/aromatic N) is 1. The van der Waals surface area contributed by atoms with Crippen molar-refractivity contribution in [1.29, 1.82) is 0 Å². The molecule has 2 heteroatoms. The van der Waals surface area contributed by atoms with E-state index in [9.17, 15) is 0 Å². The van der Waals surface area contributed by atoms with E-state index in [0.29, 0.717) is 12.1 Å². The van der Waals surface area contributed by atoms with Crippen LogP contribution in [0.1, 0.15) is 44.7 Å². The molecule has 2 atom stereocenters. The largest absolute Gasteiger partial charge is 0.312 e. The Morgan fingerprint density at radius 2 is 1.83 bits per heavy atom. The quantitative estimate of drug-likeness (QED) is 0.758. The van der Waals surface area contributed by atoms with E-state index in [1.165, 1.54) is 31.4 Å². The third-order valence-electron chi connectivity index (χ3n) is 3.70. The van der Waals surface area contributed by atoms with Crippen molar-refractivity contribution in [2.45, 2.75) is 45.2 Å². The van der Waals surface area contributed by atoms with E-state index in [-0.39, 0.29) is 0 Å². The minimum absolute atomic E-state index is 0.415. The lowest BCUT2D eigenvalue weighted by molar-refractivity contribution is 0.188. The van der Waals surface area contributed by atoms with E-state index in [2.05, 4.69) is 68.5 Å². The molecule has 0 aliphatic rings.